The highest BCUT2D eigenvalue weighted by atomic mass is 19.1. The molecule has 26 heavy (non-hydrogen) atoms. The van der Waals surface area contributed by atoms with E-state index in [-0.39, 0.29) is 6.61 Å². The number of methoxy groups -OCH3 is 2. The van der Waals surface area contributed by atoms with Crippen LogP contribution in [0.1, 0.15) is 50.3 Å². The molecule has 1 N–H and O–H groups in total. The first kappa shape index (κ1) is 21.0. The van der Waals surface area contributed by atoms with Crippen molar-refractivity contribution in [3.05, 3.63) is 23.3 Å². The fourth-order valence-corrected chi connectivity index (χ4v) is 4.31. The second-order valence-corrected chi connectivity index (χ2v) is 7.65. The van der Waals surface area contributed by atoms with Crippen LogP contribution in [-0.4, -0.2) is 50.6 Å². The van der Waals surface area contributed by atoms with Crippen molar-refractivity contribution in [2.75, 3.05) is 40.6 Å². The minimum Gasteiger partial charge on any atom is -0.493 e. The van der Waals surface area contributed by atoms with E-state index >= 15 is 0 Å². The lowest BCUT2D eigenvalue weighted by Crippen LogP contribution is -2.42. The SMILES string of the molecule is COc1cc2c(cc1OC)C1CCC(CC(C)C)CN1CC2.OCCF. The molecule has 2 unspecified atom stereocenters. The minimum atomic E-state index is -0.625. The van der Waals surface area contributed by atoms with E-state index in [0.717, 1.165) is 29.8 Å². The zero-order valence-electron chi connectivity index (χ0n) is 16.6. The Labute approximate surface area is 157 Å². The average molecular weight is 368 g/mol. The molecule has 0 spiro atoms. The Kier molecular flexibility index (Phi) is 8.16. The molecule has 2 heterocycles. The van der Waals surface area contributed by atoms with Gasteiger partial charge in [-0.05, 0) is 60.8 Å². The highest BCUT2D eigenvalue weighted by molar-refractivity contribution is 5.49. The number of nitrogens with zero attached hydrogens (tertiary/aromatic N) is 1. The number of halogens is 1. The molecule has 1 aromatic rings. The summed E-state index contributed by atoms with van der Waals surface area (Å²) in [5.41, 5.74) is 2.91. The predicted molar refractivity (Wildman–Crippen MR) is 103 cm³/mol. The van der Waals surface area contributed by atoms with Crippen LogP contribution in [-0.2, 0) is 6.42 Å². The largest absolute Gasteiger partial charge is 0.493 e. The number of aliphatic hydroxyl groups is 1. The highest BCUT2D eigenvalue weighted by Gasteiger charge is 2.34. The second kappa shape index (κ2) is 10.1. The normalized spacial score (nSPS) is 22.1. The lowest BCUT2D eigenvalue weighted by Gasteiger charge is -2.44. The van der Waals surface area contributed by atoms with Crippen LogP contribution in [0.15, 0.2) is 12.1 Å². The van der Waals surface area contributed by atoms with E-state index in [0.29, 0.717) is 6.04 Å². The molecule has 0 amide bonds. The third kappa shape index (κ3) is 5.10. The summed E-state index contributed by atoms with van der Waals surface area (Å²) in [6.45, 7) is 6.15. The van der Waals surface area contributed by atoms with Gasteiger partial charge in [-0.2, -0.15) is 0 Å². The van der Waals surface area contributed by atoms with Gasteiger partial charge in [-0.25, -0.2) is 4.39 Å². The van der Waals surface area contributed by atoms with E-state index in [2.05, 4.69) is 30.9 Å². The van der Waals surface area contributed by atoms with Gasteiger partial charge in [0.15, 0.2) is 11.5 Å². The van der Waals surface area contributed by atoms with Crippen LogP contribution in [0.2, 0.25) is 0 Å². The number of hydrogen-bond donors (Lipinski definition) is 1. The van der Waals surface area contributed by atoms with E-state index in [1.54, 1.807) is 14.2 Å². The smallest absolute Gasteiger partial charge is 0.161 e. The molecule has 4 nitrogen and oxygen atoms in total. The van der Waals surface area contributed by atoms with Crippen molar-refractivity contribution in [1.29, 1.82) is 0 Å². The van der Waals surface area contributed by atoms with Gasteiger partial charge >= 0.3 is 0 Å². The number of alkyl halides is 1. The molecular formula is C21H34FNO3. The van der Waals surface area contributed by atoms with E-state index in [4.69, 9.17) is 14.6 Å². The maximum Gasteiger partial charge on any atom is 0.161 e. The van der Waals surface area contributed by atoms with Crippen LogP contribution < -0.4 is 9.47 Å². The van der Waals surface area contributed by atoms with E-state index < -0.39 is 6.67 Å². The molecule has 1 saturated heterocycles. The molecular weight excluding hydrogens is 333 g/mol. The predicted octanol–water partition coefficient (Wildman–Crippen LogP) is 4.01. The van der Waals surface area contributed by atoms with Gasteiger partial charge in [-0.15, -0.1) is 0 Å². The lowest BCUT2D eigenvalue weighted by molar-refractivity contribution is 0.0894. The van der Waals surface area contributed by atoms with Crippen molar-refractivity contribution in [2.24, 2.45) is 11.8 Å². The van der Waals surface area contributed by atoms with Gasteiger partial charge in [0.2, 0.25) is 0 Å². The molecule has 0 aliphatic carbocycles. The first-order valence-corrected chi connectivity index (χ1v) is 9.69. The summed E-state index contributed by atoms with van der Waals surface area (Å²) in [4.78, 5) is 2.70. The summed E-state index contributed by atoms with van der Waals surface area (Å²) in [6.07, 6.45) is 5.12. The van der Waals surface area contributed by atoms with Crippen LogP contribution in [0.3, 0.4) is 0 Å². The van der Waals surface area contributed by atoms with Gasteiger partial charge in [-0.1, -0.05) is 13.8 Å². The Balaban J connectivity index is 0.000000552. The molecule has 2 aliphatic heterocycles. The third-order valence-electron chi connectivity index (χ3n) is 5.34. The van der Waals surface area contributed by atoms with E-state index in [9.17, 15) is 4.39 Å². The summed E-state index contributed by atoms with van der Waals surface area (Å²) < 4.78 is 21.4. The molecule has 3 rings (SSSR count). The number of piperidine rings is 1. The maximum absolute atomic E-state index is 10.5. The third-order valence-corrected chi connectivity index (χ3v) is 5.34. The van der Waals surface area contributed by atoms with Crippen molar-refractivity contribution >= 4 is 0 Å². The van der Waals surface area contributed by atoms with Gasteiger partial charge in [0, 0.05) is 19.1 Å². The Bertz CT molecular complexity index is 562. The molecule has 2 aliphatic rings. The number of rotatable bonds is 5. The van der Waals surface area contributed by atoms with Crippen LogP contribution in [0, 0.1) is 11.8 Å². The van der Waals surface area contributed by atoms with Crippen LogP contribution in [0.4, 0.5) is 4.39 Å². The molecule has 1 fully saturated rings. The first-order valence-electron chi connectivity index (χ1n) is 9.69. The Morgan fingerprint density at radius 2 is 1.85 bits per heavy atom. The Hall–Kier alpha value is -1.33. The Morgan fingerprint density at radius 3 is 2.42 bits per heavy atom. The number of benzene rings is 1. The second-order valence-electron chi connectivity index (χ2n) is 7.65. The van der Waals surface area contributed by atoms with Crippen molar-refractivity contribution in [1.82, 2.24) is 4.90 Å². The van der Waals surface area contributed by atoms with Crippen LogP contribution in [0.25, 0.3) is 0 Å². The summed E-state index contributed by atoms with van der Waals surface area (Å²) in [7, 11) is 3.45. The molecule has 2 atom stereocenters. The molecule has 0 radical (unpaired) electrons. The number of aliphatic hydroxyl groups excluding tert-OH is 1. The van der Waals surface area contributed by atoms with Gasteiger partial charge in [0.1, 0.15) is 6.67 Å². The summed E-state index contributed by atoms with van der Waals surface area (Å²) in [5.74, 6) is 3.41. The monoisotopic (exact) mass is 367 g/mol. The number of hydrogen-bond acceptors (Lipinski definition) is 4. The number of fused-ring (bicyclic) bond motifs is 3. The number of ether oxygens (including phenoxy) is 2. The average Bonchev–Trinajstić information content (AvgIpc) is 2.66. The lowest BCUT2D eigenvalue weighted by atomic mass is 9.81. The molecule has 0 bridgehead atoms. The molecule has 0 aromatic heterocycles. The summed E-state index contributed by atoms with van der Waals surface area (Å²) in [6, 6.07) is 4.98. The standard InChI is InChI=1S/C19H29NO2.C2H5FO/c1-13(2)9-14-5-6-17-16-11-19(22-4)18(21-3)10-15(16)7-8-20(17)12-14;3-1-2-4/h10-11,13-14,17H,5-9,12H2,1-4H3;4H,1-2H2. The molecule has 0 saturated carbocycles. The first-order chi connectivity index (χ1) is 12.5. The van der Waals surface area contributed by atoms with E-state index in [1.807, 2.05) is 0 Å². The van der Waals surface area contributed by atoms with Gasteiger partial charge in [-0.3, -0.25) is 4.90 Å². The fraction of sp³-hybridized carbons (Fsp3) is 0.714. The maximum atomic E-state index is 10.5. The Morgan fingerprint density at radius 1 is 1.19 bits per heavy atom. The van der Waals surface area contributed by atoms with E-state index in [1.165, 1.54) is 43.5 Å². The quantitative estimate of drug-likeness (QED) is 0.854. The minimum absolute atomic E-state index is 0.347. The fourth-order valence-electron chi connectivity index (χ4n) is 4.31. The van der Waals surface area contributed by atoms with Crippen LogP contribution >= 0.6 is 0 Å². The topological polar surface area (TPSA) is 41.9 Å². The molecule has 1 aromatic carbocycles. The van der Waals surface area contributed by atoms with Crippen molar-refractivity contribution < 1.29 is 19.0 Å². The van der Waals surface area contributed by atoms with Crippen LogP contribution in [0.5, 0.6) is 11.5 Å². The summed E-state index contributed by atoms with van der Waals surface area (Å²) in [5, 5.41) is 7.50. The highest BCUT2D eigenvalue weighted by Crippen LogP contribution is 2.43. The molecule has 5 heteroatoms. The van der Waals surface area contributed by atoms with Gasteiger partial charge in [0.25, 0.3) is 0 Å². The van der Waals surface area contributed by atoms with Crippen molar-refractivity contribution in [3.8, 4) is 11.5 Å². The van der Waals surface area contributed by atoms with Gasteiger partial charge in [0.05, 0.1) is 20.8 Å². The zero-order valence-corrected chi connectivity index (χ0v) is 16.6. The summed E-state index contributed by atoms with van der Waals surface area (Å²) >= 11 is 0. The molecule has 148 valence electrons. The van der Waals surface area contributed by atoms with Crippen molar-refractivity contribution in [2.45, 2.75) is 45.6 Å². The van der Waals surface area contributed by atoms with Gasteiger partial charge < -0.3 is 14.6 Å². The zero-order chi connectivity index (χ0) is 19.1. The van der Waals surface area contributed by atoms with Crippen molar-refractivity contribution in [3.63, 3.8) is 0 Å².